The number of carbonyl (C=O) groups is 1. The van der Waals surface area contributed by atoms with Crippen molar-refractivity contribution in [2.24, 2.45) is 5.92 Å². The molecule has 142 valence electrons. The Morgan fingerprint density at radius 1 is 1.22 bits per heavy atom. The highest BCUT2D eigenvalue weighted by Crippen LogP contribution is 2.47. The molecular weight excluding hydrogens is 352 g/mol. The Hall–Kier alpha value is -2.28. The number of hydrogen-bond acceptors (Lipinski definition) is 4. The second kappa shape index (κ2) is 6.12. The summed E-state index contributed by atoms with van der Waals surface area (Å²) in [6.45, 7) is 4.01. The summed E-state index contributed by atoms with van der Waals surface area (Å²) in [6.07, 6.45) is 2.06. The molecule has 5 nitrogen and oxygen atoms in total. The van der Waals surface area contributed by atoms with Gasteiger partial charge in [-0.3, -0.25) is 9.69 Å². The summed E-state index contributed by atoms with van der Waals surface area (Å²) in [6, 6.07) is 5.99. The summed E-state index contributed by atoms with van der Waals surface area (Å²) in [5.74, 6) is -1.10. The number of benzene rings is 1. The number of hydrogen-bond donors (Lipinski definition) is 0. The number of likely N-dealkylation sites (tertiary alicyclic amines) is 1. The van der Waals surface area contributed by atoms with E-state index in [1.54, 1.807) is 25.1 Å². The van der Waals surface area contributed by atoms with Crippen molar-refractivity contribution in [1.82, 2.24) is 15.0 Å². The molecule has 0 N–H and O–H groups in total. The zero-order valence-electron chi connectivity index (χ0n) is 15.1. The topological polar surface area (TPSA) is 49.6 Å². The molecule has 0 spiro atoms. The summed E-state index contributed by atoms with van der Waals surface area (Å²) in [5, 5.41) is 3.88. The van der Waals surface area contributed by atoms with Gasteiger partial charge in [0.15, 0.2) is 17.3 Å². The molecule has 5 heterocycles. The van der Waals surface area contributed by atoms with Crippen molar-refractivity contribution in [2.45, 2.75) is 37.8 Å². The summed E-state index contributed by atoms with van der Waals surface area (Å²) in [7, 11) is 0. The smallest absolute Gasteiger partial charge is 0.276 e. The first kappa shape index (κ1) is 16.9. The molecular formula is C20H21F2N3O2. The quantitative estimate of drug-likeness (QED) is 0.812. The van der Waals surface area contributed by atoms with Crippen LogP contribution in [0, 0.1) is 24.5 Å². The van der Waals surface area contributed by atoms with Gasteiger partial charge >= 0.3 is 0 Å². The largest absolute Gasteiger partial charge is 0.361 e. The Balaban J connectivity index is 1.56. The number of rotatable bonds is 2. The minimum atomic E-state index is -0.836. The van der Waals surface area contributed by atoms with Gasteiger partial charge in [0, 0.05) is 24.6 Å². The van der Waals surface area contributed by atoms with E-state index in [4.69, 9.17) is 4.52 Å². The van der Waals surface area contributed by atoms with Gasteiger partial charge in [-0.25, -0.2) is 8.78 Å². The lowest BCUT2D eigenvalue weighted by Crippen LogP contribution is -2.60. The Bertz CT molecular complexity index is 891. The van der Waals surface area contributed by atoms with Crippen molar-refractivity contribution in [3.05, 3.63) is 52.9 Å². The van der Waals surface area contributed by atoms with Gasteiger partial charge in [-0.15, -0.1) is 0 Å². The molecule has 1 amide bonds. The molecule has 0 aliphatic carbocycles. The van der Waals surface area contributed by atoms with Crippen LogP contribution in [-0.2, 0) is 0 Å². The van der Waals surface area contributed by atoms with E-state index in [-0.39, 0.29) is 29.6 Å². The van der Waals surface area contributed by atoms with E-state index < -0.39 is 11.6 Å². The van der Waals surface area contributed by atoms with E-state index in [1.807, 2.05) is 4.90 Å². The lowest BCUT2D eigenvalue weighted by molar-refractivity contribution is -0.00387. The summed E-state index contributed by atoms with van der Waals surface area (Å²) < 4.78 is 33.5. The fraction of sp³-hybridized carbons (Fsp3) is 0.500. The van der Waals surface area contributed by atoms with Crippen molar-refractivity contribution in [3.8, 4) is 0 Å². The van der Waals surface area contributed by atoms with Crippen LogP contribution in [-0.4, -0.2) is 52.6 Å². The van der Waals surface area contributed by atoms with E-state index in [0.717, 1.165) is 32.0 Å². The average molecular weight is 373 g/mol. The van der Waals surface area contributed by atoms with Gasteiger partial charge in [-0.1, -0.05) is 17.3 Å². The lowest BCUT2D eigenvalue weighted by atomic mass is 9.75. The third kappa shape index (κ3) is 2.51. The van der Waals surface area contributed by atoms with Crippen molar-refractivity contribution in [3.63, 3.8) is 0 Å². The molecule has 27 heavy (non-hydrogen) atoms. The van der Waals surface area contributed by atoms with E-state index in [9.17, 15) is 13.6 Å². The predicted octanol–water partition coefficient (Wildman–Crippen LogP) is 2.96. The van der Waals surface area contributed by atoms with Crippen LogP contribution in [0.15, 0.2) is 28.8 Å². The second-order valence-corrected chi connectivity index (χ2v) is 7.88. The standard InChI is InChI=1S/C20H21F2N3O2/c1-11-9-16(23-27-11)20(26)25-10-14(13-3-2-4-15(21)17(13)22)19-18(25)12-5-7-24(19)8-6-12/h2-4,9,12,14,18-19H,5-8,10H2,1H3/t14-,18+,19+/m0/s1. The molecule has 3 atom stereocenters. The van der Waals surface area contributed by atoms with E-state index in [0.29, 0.717) is 23.8 Å². The van der Waals surface area contributed by atoms with Gasteiger partial charge in [-0.05, 0) is 50.4 Å². The van der Waals surface area contributed by atoms with Crippen molar-refractivity contribution >= 4 is 5.91 Å². The molecule has 7 heteroatoms. The Kier molecular flexibility index (Phi) is 3.82. The molecule has 2 aromatic rings. The van der Waals surface area contributed by atoms with Crippen molar-refractivity contribution in [1.29, 1.82) is 0 Å². The molecule has 0 saturated carbocycles. The van der Waals surface area contributed by atoms with E-state index in [2.05, 4.69) is 10.1 Å². The molecule has 4 saturated heterocycles. The maximum Gasteiger partial charge on any atom is 0.276 e. The summed E-state index contributed by atoms with van der Waals surface area (Å²) in [4.78, 5) is 17.3. The van der Waals surface area contributed by atoms with Gasteiger partial charge in [-0.2, -0.15) is 0 Å². The number of fused-ring (bicyclic) bond motifs is 2. The lowest BCUT2D eigenvalue weighted by Gasteiger charge is -2.51. The first-order valence-electron chi connectivity index (χ1n) is 9.47. The zero-order chi connectivity index (χ0) is 18.7. The highest BCUT2D eigenvalue weighted by Gasteiger charge is 2.55. The minimum absolute atomic E-state index is 0.00433. The van der Waals surface area contributed by atoms with Crippen LogP contribution in [0.4, 0.5) is 8.78 Å². The van der Waals surface area contributed by atoms with Crippen molar-refractivity contribution in [2.75, 3.05) is 19.6 Å². The van der Waals surface area contributed by atoms with Gasteiger partial charge in [0.1, 0.15) is 5.76 Å². The van der Waals surface area contributed by atoms with Crippen LogP contribution >= 0.6 is 0 Å². The van der Waals surface area contributed by atoms with Crippen LogP contribution in [0.2, 0.25) is 0 Å². The second-order valence-electron chi connectivity index (χ2n) is 7.88. The number of amides is 1. The highest BCUT2D eigenvalue weighted by atomic mass is 19.2. The van der Waals surface area contributed by atoms with Gasteiger partial charge in [0.2, 0.25) is 0 Å². The van der Waals surface area contributed by atoms with E-state index in [1.165, 1.54) is 0 Å². The third-order valence-electron chi connectivity index (χ3n) is 6.48. The van der Waals surface area contributed by atoms with Crippen LogP contribution in [0.3, 0.4) is 0 Å². The number of aryl methyl sites for hydroxylation is 1. The normalized spacial score (nSPS) is 32.0. The minimum Gasteiger partial charge on any atom is -0.361 e. The zero-order valence-corrected chi connectivity index (χ0v) is 15.1. The fourth-order valence-electron chi connectivity index (χ4n) is 5.35. The highest BCUT2D eigenvalue weighted by molar-refractivity contribution is 5.93. The van der Waals surface area contributed by atoms with Crippen LogP contribution in [0.25, 0.3) is 0 Å². The average Bonchev–Trinajstić information content (AvgIpc) is 3.30. The predicted molar refractivity (Wildman–Crippen MR) is 93.2 cm³/mol. The first-order chi connectivity index (χ1) is 13.0. The van der Waals surface area contributed by atoms with Crippen LogP contribution in [0.5, 0.6) is 0 Å². The van der Waals surface area contributed by atoms with Crippen molar-refractivity contribution < 1.29 is 18.1 Å². The van der Waals surface area contributed by atoms with Gasteiger partial charge in [0.25, 0.3) is 5.91 Å². The van der Waals surface area contributed by atoms with Gasteiger partial charge < -0.3 is 9.42 Å². The molecule has 4 fully saturated rings. The molecule has 1 aromatic heterocycles. The van der Waals surface area contributed by atoms with Crippen LogP contribution < -0.4 is 0 Å². The maximum absolute atomic E-state index is 14.6. The summed E-state index contributed by atoms with van der Waals surface area (Å²) in [5.41, 5.74) is 0.646. The number of carbonyl (C=O) groups excluding carboxylic acids is 1. The Morgan fingerprint density at radius 3 is 2.70 bits per heavy atom. The molecule has 1 aromatic carbocycles. The monoisotopic (exact) mass is 373 g/mol. The maximum atomic E-state index is 14.6. The summed E-state index contributed by atoms with van der Waals surface area (Å²) >= 11 is 0. The molecule has 4 aliphatic rings. The molecule has 6 rings (SSSR count). The molecule has 0 radical (unpaired) electrons. The van der Waals surface area contributed by atoms with E-state index >= 15 is 0 Å². The number of nitrogens with zero attached hydrogens (tertiary/aromatic N) is 3. The number of halogens is 2. The van der Waals surface area contributed by atoms with Crippen LogP contribution in [0.1, 0.15) is 40.6 Å². The number of aromatic nitrogens is 1. The Labute approximate surface area is 155 Å². The van der Waals surface area contributed by atoms with Gasteiger partial charge in [0.05, 0.1) is 6.04 Å². The third-order valence-corrected chi connectivity index (χ3v) is 6.48. The molecule has 0 unspecified atom stereocenters. The first-order valence-corrected chi connectivity index (χ1v) is 9.47. The Morgan fingerprint density at radius 2 is 2.00 bits per heavy atom. The number of piperidine rings is 3. The molecule has 4 aliphatic heterocycles. The SMILES string of the molecule is Cc1cc(C(=O)N2C[C@@H](c3cccc(F)c3F)[C@@H]3[C@H]2C2CCN3CC2)no1. The fourth-order valence-corrected chi connectivity index (χ4v) is 5.35. The molecule has 2 bridgehead atoms.